The average molecular weight is 291 g/mol. The summed E-state index contributed by atoms with van der Waals surface area (Å²) in [5.41, 5.74) is 0.259. The lowest BCUT2D eigenvalue weighted by molar-refractivity contribution is -0.150. The van der Waals surface area contributed by atoms with E-state index in [1.807, 2.05) is 0 Å². The highest BCUT2D eigenvalue weighted by molar-refractivity contribution is 5.90. The smallest absolute Gasteiger partial charge is 0.376 e. The summed E-state index contributed by atoms with van der Waals surface area (Å²) in [5.74, 6) is -1.09. The van der Waals surface area contributed by atoms with E-state index in [9.17, 15) is 18.0 Å². The first-order valence-corrected chi connectivity index (χ1v) is 6.43. The predicted molar refractivity (Wildman–Crippen MR) is 65.1 cm³/mol. The molecule has 2 rings (SSSR count). The summed E-state index contributed by atoms with van der Waals surface area (Å²) < 4.78 is 43.2. The predicted octanol–water partition coefficient (Wildman–Crippen LogP) is 2.34. The summed E-state index contributed by atoms with van der Waals surface area (Å²) in [6.07, 6.45) is -0.00339. The second-order valence-corrected chi connectivity index (χ2v) is 4.78. The minimum atomic E-state index is -4.50. The van der Waals surface area contributed by atoms with Gasteiger partial charge in [0.2, 0.25) is 5.91 Å². The minimum absolute atomic E-state index is 0.0716. The number of ether oxygens (including phenoxy) is 1. The van der Waals surface area contributed by atoms with E-state index in [1.165, 1.54) is 12.4 Å². The van der Waals surface area contributed by atoms with Crippen LogP contribution in [0.15, 0.2) is 12.4 Å². The van der Waals surface area contributed by atoms with Gasteiger partial charge in [-0.25, -0.2) is 0 Å². The molecule has 1 aliphatic rings. The van der Waals surface area contributed by atoms with Crippen LogP contribution in [-0.2, 0) is 16.1 Å². The number of alkyl halides is 3. The van der Waals surface area contributed by atoms with Crippen molar-refractivity contribution in [2.45, 2.75) is 44.5 Å². The molecule has 5 nitrogen and oxygen atoms in total. The van der Waals surface area contributed by atoms with Crippen LogP contribution in [0.2, 0.25) is 0 Å². The third-order valence-electron chi connectivity index (χ3n) is 2.94. The summed E-state index contributed by atoms with van der Waals surface area (Å²) >= 11 is 0. The fraction of sp³-hybridized carbons (Fsp3) is 0.667. The van der Waals surface area contributed by atoms with Gasteiger partial charge in [-0.2, -0.15) is 18.3 Å². The number of hydrogen-bond donors (Lipinski definition) is 1. The zero-order valence-corrected chi connectivity index (χ0v) is 10.8. The molecule has 1 atom stereocenters. The number of nitrogens with zero attached hydrogens (tertiary/aromatic N) is 2. The van der Waals surface area contributed by atoms with E-state index in [-0.39, 0.29) is 11.8 Å². The maximum absolute atomic E-state index is 12.0. The number of rotatable bonds is 4. The van der Waals surface area contributed by atoms with Crippen molar-refractivity contribution in [2.24, 2.45) is 0 Å². The molecule has 112 valence electrons. The molecular weight excluding hydrogens is 275 g/mol. The van der Waals surface area contributed by atoms with Gasteiger partial charge < -0.3 is 10.1 Å². The van der Waals surface area contributed by atoms with Gasteiger partial charge in [0.25, 0.3) is 0 Å². The van der Waals surface area contributed by atoms with Gasteiger partial charge in [0.1, 0.15) is 6.42 Å². The van der Waals surface area contributed by atoms with Gasteiger partial charge >= 0.3 is 6.18 Å². The van der Waals surface area contributed by atoms with E-state index in [0.717, 1.165) is 25.9 Å². The summed E-state index contributed by atoms with van der Waals surface area (Å²) in [4.78, 5) is 11.1. The third kappa shape index (κ3) is 4.84. The first kappa shape index (κ1) is 14.8. The summed E-state index contributed by atoms with van der Waals surface area (Å²) in [6, 6.07) is 0. The molecule has 0 saturated carbocycles. The van der Waals surface area contributed by atoms with Gasteiger partial charge in [-0.3, -0.25) is 9.48 Å². The molecule has 20 heavy (non-hydrogen) atoms. The van der Waals surface area contributed by atoms with Gasteiger partial charge in [0, 0.05) is 12.8 Å². The Labute approximate surface area is 114 Å². The lowest BCUT2D eigenvalue weighted by Crippen LogP contribution is -2.24. The van der Waals surface area contributed by atoms with Crippen molar-refractivity contribution in [3.63, 3.8) is 0 Å². The van der Waals surface area contributed by atoms with Gasteiger partial charge in [0.05, 0.1) is 24.5 Å². The van der Waals surface area contributed by atoms with Crippen LogP contribution < -0.4 is 5.32 Å². The molecule has 0 bridgehead atoms. The lowest BCUT2D eigenvalue weighted by atomic mass is 10.1. The van der Waals surface area contributed by atoms with Crippen LogP contribution in [0.25, 0.3) is 0 Å². The molecular formula is C12H16F3N3O2. The highest BCUT2D eigenvalue weighted by atomic mass is 19.4. The van der Waals surface area contributed by atoms with E-state index in [2.05, 4.69) is 10.4 Å². The number of aromatic nitrogens is 2. The van der Waals surface area contributed by atoms with E-state index in [0.29, 0.717) is 6.54 Å². The van der Waals surface area contributed by atoms with Crippen LogP contribution in [0.5, 0.6) is 0 Å². The van der Waals surface area contributed by atoms with Crippen LogP contribution in [0.1, 0.15) is 25.7 Å². The quantitative estimate of drug-likeness (QED) is 0.926. The second kappa shape index (κ2) is 6.25. The highest BCUT2D eigenvalue weighted by Gasteiger charge is 2.31. The summed E-state index contributed by atoms with van der Waals surface area (Å²) in [5, 5.41) is 6.17. The molecule has 1 fully saturated rings. The monoisotopic (exact) mass is 291 g/mol. The van der Waals surface area contributed by atoms with Crippen molar-refractivity contribution in [3.05, 3.63) is 12.4 Å². The molecule has 0 radical (unpaired) electrons. The Bertz CT molecular complexity index is 453. The first-order valence-electron chi connectivity index (χ1n) is 6.43. The van der Waals surface area contributed by atoms with Crippen molar-refractivity contribution < 1.29 is 22.7 Å². The van der Waals surface area contributed by atoms with E-state index >= 15 is 0 Å². The Balaban J connectivity index is 1.84. The Hall–Kier alpha value is -1.57. The lowest BCUT2D eigenvalue weighted by Gasteiger charge is -2.22. The molecule has 1 aromatic heterocycles. The Kier molecular flexibility index (Phi) is 4.64. The van der Waals surface area contributed by atoms with E-state index in [1.54, 1.807) is 4.68 Å². The Morgan fingerprint density at radius 1 is 1.50 bits per heavy atom. The molecule has 1 N–H and O–H groups in total. The maximum Gasteiger partial charge on any atom is 0.397 e. The number of carbonyl (C=O) groups excluding carboxylic acids is 1. The van der Waals surface area contributed by atoms with Crippen LogP contribution in [0, 0.1) is 0 Å². The largest absolute Gasteiger partial charge is 0.397 e. The normalized spacial score (nSPS) is 19.9. The molecule has 2 heterocycles. The van der Waals surface area contributed by atoms with Crippen molar-refractivity contribution in [3.8, 4) is 0 Å². The van der Waals surface area contributed by atoms with Gasteiger partial charge in [0.15, 0.2) is 0 Å². The van der Waals surface area contributed by atoms with Crippen LogP contribution in [0.4, 0.5) is 18.9 Å². The molecule has 8 heteroatoms. The Morgan fingerprint density at radius 2 is 2.30 bits per heavy atom. The van der Waals surface area contributed by atoms with Crippen molar-refractivity contribution in [1.82, 2.24) is 9.78 Å². The zero-order valence-electron chi connectivity index (χ0n) is 10.8. The van der Waals surface area contributed by atoms with Crippen LogP contribution >= 0.6 is 0 Å². The average Bonchev–Trinajstić information content (AvgIpc) is 2.75. The molecule has 0 spiro atoms. The van der Waals surface area contributed by atoms with E-state index < -0.39 is 18.5 Å². The molecule has 0 aliphatic carbocycles. The zero-order chi connectivity index (χ0) is 14.6. The van der Waals surface area contributed by atoms with Crippen molar-refractivity contribution in [2.75, 3.05) is 11.9 Å². The SMILES string of the molecule is O=C(CC(F)(F)F)Nc1cnn(C[C@H]2CCCCO2)c1. The van der Waals surface area contributed by atoms with Crippen molar-refractivity contribution in [1.29, 1.82) is 0 Å². The number of halogens is 3. The maximum atomic E-state index is 12.0. The standard InChI is InChI=1S/C12H16F3N3O2/c13-12(14,15)5-11(19)17-9-6-16-18(7-9)8-10-3-1-2-4-20-10/h6-7,10H,1-5,8H2,(H,17,19)/t10-/m1/s1. The molecule has 0 unspecified atom stereocenters. The molecule has 1 aliphatic heterocycles. The molecule has 1 amide bonds. The second-order valence-electron chi connectivity index (χ2n) is 4.78. The fourth-order valence-electron chi connectivity index (χ4n) is 2.08. The minimum Gasteiger partial charge on any atom is -0.376 e. The summed E-state index contributed by atoms with van der Waals surface area (Å²) in [6.45, 7) is 1.26. The molecule has 1 aromatic rings. The third-order valence-corrected chi connectivity index (χ3v) is 2.94. The van der Waals surface area contributed by atoms with Gasteiger partial charge in [-0.05, 0) is 19.3 Å². The number of hydrogen-bond acceptors (Lipinski definition) is 3. The molecule has 0 aromatic carbocycles. The van der Waals surface area contributed by atoms with Gasteiger partial charge in [-0.15, -0.1) is 0 Å². The fourth-order valence-corrected chi connectivity index (χ4v) is 2.08. The number of nitrogens with one attached hydrogen (secondary N) is 1. The Morgan fingerprint density at radius 3 is 2.95 bits per heavy atom. The topological polar surface area (TPSA) is 56.2 Å². The summed E-state index contributed by atoms with van der Waals surface area (Å²) in [7, 11) is 0. The highest BCUT2D eigenvalue weighted by Crippen LogP contribution is 2.20. The number of amides is 1. The van der Waals surface area contributed by atoms with E-state index in [4.69, 9.17) is 4.74 Å². The van der Waals surface area contributed by atoms with Crippen LogP contribution in [0.3, 0.4) is 0 Å². The van der Waals surface area contributed by atoms with Gasteiger partial charge in [-0.1, -0.05) is 0 Å². The first-order chi connectivity index (χ1) is 9.42. The van der Waals surface area contributed by atoms with Crippen LogP contribution in [-0.4, -0.2) is 34.6 Å². The number of anilines is 1. The number of carbonyl (C=O) groups is 1. The molecule has 1 saturated heterocycles. The van der Waals surface area contributed by atoms with Crippen molar-refractivity contribution >= 4 is 11.6 Å².